The minimum atomic E-state index is -0.791. The van der Waals surface area contributed by atoms with Crippen molar-refractivity contribution in [3.05, 3.63) is 71.3 Å². The normalized spacial score (nSPS) is 16.8. The smallest absolute Gasteiger partial charge is 0.295 e. The number of amides is 1. The van der Waals surface area contributed by atoms with Crippen molar-refractivity contribution in [3.63, 3.8) is 0 Å². The van der Waals surface area contributed by atoms with Gasteiger partial charge in [0.05, 0.1) is 25.8 Å². The number of aliphatic hydroxyl groups excluding tert-OH is 1. The zero-order valence-electron chi connectivity index (χ0n) is 22.2. The summed E-state index contributed by atoms with van der Waals surface area (Å²) in [7, 11) is 3.09. The fraction of sp³-hybridized carbons (Fsp3) is 0.379. The highest BCUT2D eigenvalue weighted by Gasteiger charge is 2.46. The third kappa shape index (κ3) is 5.80. The van der Waals surface area contributed by atoms with E-state index in [0.717, 1.165) is 18.7 Å². The fourth-order valence-corrected chi connectivity index (χ4v) is 4.55. The number of ether oxygens (including phenoxy) is 3. The summed E-state index contributed by atoms with van der Waals surface area (Å²) < 4.78 is 16.5. The average molecular weight is 509 g/mol. The second-order valence-corrected chi connectivity index (χ2v) is 8.71. The van der Waals surface area contributed by atoms with Crippen molar-refractivity contribution in [1.29, 1.82) is 0 Å². The van der Waals surface area contributed by atoms with E-state index in [1.165, 1.54) is 12.0 Å². The second-order valence-electron chi connectivity index (χ2n) is 8.71. The van der Waals surface area contributed by atoms with Crippen molar-refractivity contribution in [1.82, 2.24) is 9.80 Å². The van der Waals surface area contributed by atoms with Crippen LogP contribution < -0.4 is 14.2 Å². The maximum absolute atomic E-state index is 13.4. The van der Waals surface area contributed by atoms with E-state index >= 15 is 0 Å². The van der Waals surface area contributed by atoms with E-state index in [2.05, 4.69) is 11.5 Å². The number of carbonyl (C=O) groups is 2. The van der Waals surface area contributed by atoms with Crippen molar-refractivity contribution in [2.24, 2.45) is 0 Å². The van der Waals surface area contributed by atoms with Gasteiger partial charge in [0.2, 0.25) is 0 Å². The maximum atomic E-state index is 13.4. The predicted molar refractivity (Wildman–Crippen MR) is 143 cm³/mol. The van der Waals surface area contributed by atoms with Gasteiger partial charge in [-0.05, 0) is 61.5 Å². The Morgan fingerprint density at radius 3 is 2.32 bits per heavy atom. The third-order valence-electron chi connectivity index (χ3n) is 6.62. The van der Waals surface area contributed by atoms with E-state index in [1.807, 2.05) is 20.8 Å². The number of aryl methyl sites for hydroxylation is 1. The molecule has 0 saturated carbocycles. The molecule has 1 saturated heterocycles. The van der Waals surface area contributed by atoms with Crippen molar-refractivity contribution < 1.29 is 28.9 Å². The van der Waals surface area contributed by atoms with E-state index in [0.29, 0.717) is 48.1 Å². The van der Waals surface area contributed by atoms with Gasteiger partial charge < -0.3 is 29.1 Å². The molecule has 0 bridgehead atoms. The number of hydrogen-bond donors (Lipinski definition) is 1. The first-order valence-electron chi connectivity index (χ1n) is 12.4. The summed E-state index contributed by atoms with van der Waals surface area (Å²) in [5.41, 5.74) is 1.90. The topological polar surface area (TPSA) is 88.5 Å². The van der Waals surface area contributed by atoms with Crippen LogP contribution in [0.4, 0.5) is 0 Å². The molecule has 1 amide bonds. The third-order valence-corrected chi connectivity index (χ3v) is 6.62. The minimum Gasteiger partial charge on any atom is -0.507 e. The number of carbonyl (C=O) groups excluding carboxylic acids is 2. The van der Waals surface area contributed by atoms with Crippen LogP contribution in [0.2, 0.25) is 0 Å². The summed E-state index contributed by atoms with van der Waals surface area (Å²) in [6.45, 7) is 12.5. The molecule has 0 spiro atoms. The van der Waals surface area contributed by atoms with Gasteiger partial charge in [0.25, 0.3) is 11.7 Å². The highest BCUT2D eigenvalue weighted by atomic mass is 16.5. The monoisotopic (exact) mass is 508 g/mol. The van der Waals surface area contributed by atoms with E-state index in [-0.39, 0.29) is 11.3 Å². The number of ketones is 1. The number of Topliss-reactive ketones (excluding diaryl/α,β-unsaturated/α-hetero) is 1. The molecule has 2 aromatic carbocycles. The fourth-order valence-electron chi connectivity index (χ4n) is 4.55. The van der Waals surface area contributed by atoms with E-state index in [4.69, 9.17) is 14.2 Å². The number of benzene rings is 2. The Labute approximate surface area is 218 Å². The highest BCUT2D eigenvalue weighted by molar-refractivity contribution is 6.46. The van der Waals surface area contributed by atoms with Gasteiger partial charge in [-0.2, -0.15) is 0 Å². The van der Waals surface area contributed by atoms with E-state index in [1.54, 1.807) is 49.6 Å². The number of likely N-dealkylation sites (tertiary alicyclic amines) is 1. The Balaban J connectivity index is 2.15. The summed E-state index contributed by atoms with van der Waals surface area (Å²) in [4.78, 5) is 30.3. The summed E-state index contributed by atoms with van der Waals surface area (Å²) in [6.07, 6.45) is 1.63. The van der Waals surface area contributed by atoms with Gasteiger partial charge in [-0.15, -0.1) is 0 Å². The summed E-state index contributed by atoms with van der Waals surface area (Å²) in [5, 5.41) is 11.4. The van der Waals surface area contributed by atoms with Crippen LogP contribution in [0.5, 0.6) is 17.2 Å². The molecule has 3 rings (SSSR count). The number of methoxy groups -OCH3 is 2. The first-order valence-corrected chi connectivity index (χ1v) is 12.4. The van der Waals surface area contributed by atoms with Gasteiger partial charge in [-0.1, -0.05) is 32.6 Å². The first kappa shape index (κ1) is 27.8. The predicted octanol–water partition coefficient (Wildman–Crippen LogP) is 4.34. The lowest BCUT2D eigenvalue weighted by Gasteiger charge is -2.28. The first-order chi connectivity index (χ1) is 17.8. The van der Waals surface area contributed by atoms with Crippen LogP contribution in [0, 0.1) is 6.92 Å². The Bertz CT molecular complexity index is 1180. The molecule has 1 N–H and O–H groups in total. The van der Waals surface area contributed by atoms with Gasteiger partial charge in [-0.25, -0.2) is 0 Å². The Morgan fingerprint density at radius 1 is 1.05 bits per heavy atom. The molecule has 8 nitrogen and oxygen atoms in total. The van der Waals surface area contributed by atoms with Crippen molar-refractivity contribution in [2.45, 2.75) is 26.8 Å². The average Bonchev–Trinajstić information content (AvgIpc) is 3.16. The maximum Gasteiger partial charge on any atom is 0.295 e. The van der Waals surface area contributed by atoms with Crippen LogP contribution in [-0.4, -0.2) is 73.6 Å². The largest absolute Gasteiger partial charge is 0.507 e. The SMILES string of the molecule is C=CCOc1ccc(C2/C(=C(\O)c3ccc(OC)c(C)c3)C(=O)C(=O)N2CCN(CC)CC)cc1OC. The molecule has 1 atom stereocenters. The van der Waals surface area contributed by atoms with Gasteiger partial charge in [0, 0.05) is 18.7 Å². The molecule has 37 heavy (non-hydrogen) atoms. The van der Waals surface area contributed by atoms with Crippen molar-refractivity contribution in [3.8, 4) is 17.2 Å². The van der Waals surface area contributed by atoms with Crippen molar-refractivity contribution in [2.75, 3.05) is 47.0 Å². The lowest BCUT2D eigenvalue weighted by molar-refractivity contribution is -0.140. The van der Waals surface area contributed by atoms with Crippen LogP contribution in [-0.2, 0) is 9.59 Å². The van der Waals surface area contributed by atoms with Crippen LogP contribution in [0.15, 0.2) is 54.6 Å². The van der Waals surface area contributed by atoms with Gasteiger partial charge in [0.15, 0.2) is 11.5 Å². The van der Waals surface area contributed by atoms with Crippen LogP contribution in [0.3, 0.4) is 0 Å². The molecule has 198 valence electrons. The quantitative estimate of drug-likeness (QED) is 0.197. The molecule has 0 radical (unpaired) electrons. The van der Waals surface area contributed by atoms with Crippen molar-refractivity contribution >= 4 is 17.4 Å². The molecular formula is C29H36N2O6. The van der Waals surface area contributed by atoms with Gasteiger partial charge >= 0.3 is 0 Å². The molecule has 1 heterocycles. The number of likely N-dealkylation sites (N-methyl/N-ethyl adjacent to an activating group) is 1. The molecule has 1 fully saturated rings. The minimum absolute atomic E-state index is 0.0379. The zero-order chi connectivity index (χ0) is 27.1. The molecule has 1 aliphatic rings. The number of aliphatic hydroxyl groups is 1. The van der Waals surface area contributed by atoms with Crippen LogP contribution in [0.25, 0.3) is 5.76 Å². The van der Waals surface area contributed by atoms with Gasteiger partial charge in [-0.3, -0.25) is 9.59 Å². The molecule has 0 aromatic heterocycles. The molecule has 8 heteroatoms. The number of rotatable bonds is 12. The summed E-state index contributed by atoms with van der Waals surface area (Å²) in [5.74, 6) is 0.0281. The molecule has 2 aromatic rings. The number of nitrogens with zero attached hydrogens (tertiary/aromatic N) is 2. The summed E-state index contributed by atoms with van der Waals surface area (Å²) in [6, 6.07) is 9.61. The van der Waals surface area contributed by atoms with E-state index < -0.39 is 17.7 Å². The Morgan fingerprint density at radius 2 is 1.73 bits per heavy atom. The molecule has 0 aliphatic carbocycles. The Hall–Kier alpha value is -3.78. The Kier molecular flexibility index (Phi) is 9.36. The molecular weight excluding hydrogens is 472 g/mol. The highest BCUT2D eigenvalue weighted by Crippen LogP contribution is 2.42. The standard InChI is InChI=1S/C29H36N2O6/c1-7-16-37-23-13-10-20(18-24(23)36-6)26-25(27(32)21-11-12-22(35-5)19(4)17-21)28(33)29(34)31(26)15-14-30(8-2)9-3/h7,10-13,17-18,26,32H,1,8-9,14-16H2,2-6H3/b27-25+. The van der Waals surface area contributed by atoms with E-state index in [9.17, 15) is 14.7 Å². The van der Waals surface area contributed by atoms with Crippen LogP contribution in [0.1, 0.15) is 36.6 Å². The lowest BCUT2D eigenvalue weighted by Crippen LogP contribution is -2.38. The van der Waals surface area contributed by atoms with Gasteiger partial charge in [0.1, 0.15) is 18.1 Å². The summed E-state index contributed by atoms with van der Waals surface area (Å²) >= 11 is 0. The molecule has 1 unspecified atom stereocenters. The van der Waals surface area contributed by atoms with Crippen LogP contribution >= 0.6 is 0 Å². The number of hydrogen-bond acceptors (Lipinski definition) is 7. The second kappa shape index (κ2) is 12.5. The molecule has 1 aliphatic heterocycles. The lowest BCUT2D eigenvalue weighted by atomic mass is 9.94. The zero-order valence-corrected chi connectivity index (χ0v) is 22.2.